The van der Waals surface area contributed by atoms with Crippen LogP contribution in [0.15, 0.2) is 36.7 Å². The van der Waals surface area contributed by atoms with Crippen molar-refractivity contribution in [1.82, 2.24) is 14.7 Å². The van der Waals surface area contributed by atoms with Gasteiger partial charge in [-0.1, -0.05) is 12.1 Å². The number of carbonyl (C=O) groups excluding carboxylic acids is 1. The molecule has 3 N–H and O–H groups in total. The van der Waals surface area contributed by atoms with Gasteiger partial charge < -0.3 is 10.4 Å². The Morgan fingerprint density at radius 1 is 1.20 bits per heavy atom. The maximum atomic E-state index is 11.9. The minimum atomic E-state index is -3.75. The number of nitrogens with one attached hydrogen (secondary N) is 2. The number of aromatic hydroxyl groups is 1. The van der Waals surface area contributed by atoms with Gasteiger partial charge in [0.05, 0.1) is 18.1 Å². The van der Waals surface area contributed by atoms with E-state index < -0.39 is 27.2 Å². The monoisotopic (exact) mass is 364 g/mol. The number of rotatable bonds is 5. The predicted octanol–water partition coefficient (Wildman–Crippen LogP) is 1.51. The van der Waals surface area contributed by atoms with Crippen LogP contribution in [0.4, 0.5) is 5.69 Å². The molecule has 0 atom stereocenters. The number of phenols is 1. The summed E-state index contributed by atoms with van der Waals surface area (Å²) in [6.45, 7) is 5.07. The van der Waals surface area contributed by atoms with Crippen LogP contribution in [-0.4, -0.2) is 40.7 Å². The van der Waals surface area contributed by atoms with E-state index in [1.54, 1.807) is 32.9 Å². The van der Waals surface area contributed by atoms with Gasteiger partial charge in [0.15, 0.2) is 5.82 Å². The van der Waals surface area contributed by atoms with Gasteiger partial charge in [-0.05, 0) is 32.9 Å². The van der Waals surface area contributed by atoms with Gasteiger partial charge >= 0.3 is 0 Å². The standard InChI is InChI=1S/C16H20N4O4S/c1-16(2,3)20-25(23,24)10-14(22)19-12-8-17-15(18-9-12)11-5-4-6-13(21)7-11/h4-9,20-21H,10H2,1-3H3,(H,19,22). The fourth-order valence-electron chi connectivity index (χ4n) is 2.06. The Balaban J connectivity index is 2.02. The number of hydrogen-bond acceptors (Lipinski definition) is 6. The number of nitrogens with zero attached hydrogens (tertiary/aromatic N) is 2. The first kappa shape index (κ1) is 18.8. The summed E-state index contributed by atoms with van der Waals surface area (Å²) < 4.78 is 26.2. The maximum absolute atomic E-state index is 11.9. The van der Waals surface area contributed by atoms with Crippen LogP contribution in [0.2, 0.25) is 0 Å². The molecule has 1 aromatic heterocycles. The smallest absolute Gasteiger partial charge is 0.241 e. The highest BCUT2D eigenvalue weighted by molar-refractivity contribution is 7.90. The van der Waals surface area contributed by atoms with E-state index in [2.05, 4.69) is 20.0 Å². The molecule has 1 amide bonds. The average molecular weight is 364 g/mol. The number of phenolic OH excluding ortho intramolecular Hbond substituents is 1. The van der Waals surface area contributed by atoms with Crippen LogP contribution in [0.1, 0.15) is 20.8 Å². The zero-order chi connectivity index (χ0) is 18.7. The van der Waals surface area contributed by atoms with E-state index in [1.165, 1.54) is 24.5 Å². The Hall–Kier alpha value is -2.52. The quantitative estimate of drug-likeness (QED) is 0.739. The Morgan fingerprint density at radius 3 is 2.40 bits per heavy atom. The van der Waals surface area contributed by atoms with E-state index in [0.717, 1.165) is 0 Å². The number of hydrogen-bond donors (Lipinski definition) is 3. The lowest BCUT2D eigenvalue weighted by Crippen LogP contribution is -2.43. The van der Waals surface area contributed by atoms with Crippen LogP contribution in [0, 0.1) is 0 Å². The lowest BCUT2D eigenvalue weighted by molar-refractivity contribution is -0.113. The van der Waals surface area contributed by atoms with Crippen LogP contribution >= 0.6 is 0 Å². The topological polar surface area (TPSA) is 121 Å². The first-order chi connectivity index (χ1) is 11.5. The molecule has 0 radical (unpaired) electrons. The van der Waals surface area contributed by atoms with Crippen LogP contribution in [-0.2, 0) is 14.8 Å². The zero-order valence-electron chi connectivity index (χ0n) is 14.1. The zero-order valence-corrected chi connectivity index (χ0v) is 15.0. The summed E-state index contributed by atoms with van der Waals surface area (Å²) >= 11 is 0. The molecular formula is C16H20N4O4S. The minimum absolute atomic E-state index is 0.0926. The second-order valence-corrected chi connectivity index (χ2v) is 8.23. The highest BCUT2D eigenvalue weighted by Crippen LogP contribution is 2.20. The molecule has 0 aliphatic carbocycles. The van der Waals surface area contributed by atoms with Gasteiger partial charge in [-0.15, -0.1) is 0 Å². The van der Waals surface area contributed by atoms with Gasteiger partial charge in [0.2, 0.25) is 15.9 Å². The molecule has 134 valence electrons. The number of carbonyl (C=O) groups is 1. The molecule has 0 aliphatic rings. The second-order valence-electron chi connectivity index (χ2n) is 6.50. The Kier molecular flexibility index (Phi) is 5.39. The number of sulfonamides is 1. The van der Waals surface area contributed by atoms with Crippen molar-refractivity contribution in [3.8, 4) is 17.1 Å². The van der Waals surface area contributed by atoms with E-state index in [1.807, 2.05) is 0 Å². The summed E-state index contributed by atoms with van der Waals surface area (Å²) in [6.07, 6.45) is 2.74. The summed E-state index contributed by atoms with van der Waals surface area (Å²) in [7, 11) is -3.75. The molecule has 8 nitrogen and oxygen atoms in total. The summed E-state index contributed by atoms with van der Waals surface area (Å²) in [5, 5.41) is 11.9. The largest absolute Gasteiger partial charge is 0.508 e. The van der Waals surface area contributed by atoms with Gasteiger partial charge in [-0.3, -0.25) is 4.79 Å². The van der Waals surface area contributed by atoms with Crippen LogP contribution in [0.25, 0.3) is 11.4 Å². The van der Waals surface area contributed by atoms with Crippen molar-refractivity contribution in [1.29, 1.82) is 0 Å². The molecule has 0 saturated carbocycles. The highest BCUT2D eigenvalue weighted by Gasteiger charge is 2.23. The third-order valence-corrected chi connectivity index (χ3v) is 4.39. The third kappa shape index (κ3) is 6.12. The van der Waals surface area contributed by atoms with Gasteiger partial charge in [0.25, 0.3) is 0 Å². The molecule has 0 fully saturated rings. The fraction of sp³-hybridized carbons (Fsp3) is 0.312. The molecule has 2 aromatic rings. The number of amides is 1. The average Bonchev–Trinajstić information content (AvgIpc) is 2.44. The van der Waals surface area contributed by atoms with E-state index >= 15 is 0 Å². The first-order valence-electron chi connectivity index (χ1n) is 7.47. The van der Waals surface area contributed by atoms with Crippen molar-refractivity contribution in [2.24, 2.45) is 0 Å². The van der Waals surface area contributed by atoms with Crippen molar-refractivity contribution in [2.45, 2.75) is 26.3 Å². The van der Waals surface area contributed by atoms with Gasteiger partial charge in [0, 0.05) is 11.1 Å². The van der Waals surface area contributed by atoms with Gasteiger partial charge in [0.1, 0.15) is 11.5 Å². The molecule has 2 rings (SSSR count). The van der Waals surface area contributed by atoms with Crippen molar-refractivity contribution in [3.63, 3.8) is 0 Å². The molecule has 0 bridgehead atoms. The van der Waals surface area contributed by atoms with Crippen molar-refractivity contribution >= 4 is 21.6 Å². The van der Waals surface area contributed by atoms with Crippen molar-refractivity contribution in [3.05, 3.63) is 36.7 Å². The Labute approximate surface area is 146 Å². The molecule has 9 heteroatoms. The Bertz CT molecular complexity index is 858. The number of aromatic nitrogens is 2. The second kappa shape index (κ2) is 7.16. The third-order valence-electron chi connectivity index (χ3n) is 2.82. The number of anilines is 1. The first-order valence-corrected chi connectivity index (χ1v) is 9.12. The molecule has 1 aromatic carbocycles. The van der Waals surface area contributed by atoms with E-state index in [4.69, 9.17) is 0 Å². The summed E-state index contributed by atoms with van der Waals surface area (Å²) in [4.78, 5) is 20.1. The molecule has 25 heavy (non-hydrogen) atoms. The molecular weight excluding hydrogens is 344 g/mol. The summed E-state index contributed by atoms with van der Waals surface area (Å²) in [6, 6.07) is 6.44. The van der Waals surface area contributed by atoms with Crippen LogP contribution < -0.4 is 10.0 Å². The van der Waals surface area contributed by atoms with E-state index in [9.17, 15) is 18.3 Å². The lowest BCUT2D eigenvalue weighted by atomic mass is 10.1. The van der Waals surface area contributed by atoms with Crippen molar-refractivity contribution in [2.75, 3.05) is 11.1 Å². The molecule has 0 spiro atoms. The van der Waals surface area contributed by atoms with Gasteiger partial charge in [-0.2, -0.15) is 0 Å². The molecule has 0 saturated heterocycles. The van der Waals surface area contributed by atoms with Gasteiger partial charge in [-0.25, -0.2) is 23.1 Å². The Morgan fingerprint density at radius 2 is 1.84 bits per heavy atom. The summed E-state index contributed by atoms with van der Waals surface area (Å²) in [5.41, 5.74) is 0.236. The summed E-state index contributed by atoms with van der Waals surface area (Å²) in [5.74, 6) is -0.921. The highest BCUT2D eigenvalue weighted by atomic mass is 32.2. The lowest BCUT2D eigenvalue weighted by Gasteiger charge is -2.20. The van der Waals surface area contributed by atoms with E-state index in [-0.39, 0.29) is 11.4 Å². The van der Waals surface area contributed by atoms with E-state index in [0.29, 0.717) is 11.4 Å². The normalized spacial score (nSPS) is 12.0. The van der Waals surface area contributed by atoms with Crippen LogP contribution in [0.3, 0.4) is 0 Å². The fourth-order valence-corrected chi connectivity index (χ4v) is 3.48. The number of benzene rings is 1. The van der Waals surface area contributed by atoms with Crippen molar-refractivity contribution < 1.29 is 18.3 Å². The molecule has 1 heterocycles. The minimum Gasteiger partial charge on any atom is -0.508 e. The predicted molar refractivity (Wildman–Crippen MR) is 94.4 cm³/mol. The van der Waals surface area contributed by atoms with Crippen LogP contribution in [0.5, 0.6) is 5.75 Å². The molecule has 0 unspecified atom stereocenters. The molecule has 0 aliphatic heterocycles. The maximum Gasteiger partial charge on any atom is 0.241 e. The SMILES string of the molecule is CC(C)(C)NS(=O)(=O)CC(=O)Nc1cnc(-c2cccc(O)c2)nc1.